The number of carbonyl (C=O) groups is 1. The zero-order chi connectivity index (χ0) is 15.4. The molecule has 1 aromatic carbocycles. The molecule has 1 N–H and O–H groups in total. The molecular weight excluding hydrogens is 288 g/mol. The van der Waals surface area contributed by atoms with Crippen molar-refractivity contribution in [1.29, 1.82) is 0 Å². The van der Waals surface area contributed by atoms with Crippen molar-refractivity contribution in [1.82, 2.24) is 4.90 Å². The fourth-order valence-electron chi connectivity index (χ4n) is 2.55. The van der Waals surface area contributed by atoms with Gasteiger partial charge < -0.3 is 15.0 Å². The minimum Gasteiger partial charge on any atom is -0.382 e. The molecule has 1 aliphatic rings. The van der Waals surface area contributed by atoms with E-state index in [1.165, 1.54) is 4.90 Å². The number of amides is 1. The van der Waals surface area contributed by atoms with Crippen molar-refractivity contribution < 1.29 is 9.53 Å². The number of benzene rings is 1. The molecule has 1 aromatic rings. The molecule has 0 aromatic heterocycles. The third kappa shape index (κ3) is 4.11. The summed E-state index contributed by atoms with van der Waals surface area (Å²) < 4.78 is 5.69. The van der Waals surface area contributed by atoms with Crippen molar-refractivity contribution in [2.45, 2.75) is 38.3 Å². The topological polar surface area (TPSA) is 41.6 Å². The summed E-state index contributed by atoms with van der Waals surface area (Å²) in [5, 5.41) is 3.98. The molecule has 1 heterocycles. The number of nitrogens with one attached hydrogen (secondary N) is 1. The second-order valence-electron chi connectivity index (χ2n) is 5.66. The first-order valence-electron chi connectivity index (χ1n) is 7.40. The Labute approximate surface area is 131 Å². The zero-order valence-electron chi connectivity index (χ0n) is 12.9. The number of ether oxygens (including phenoxy) is 1. The van der Waals surface area contributed by atoms with Crippen LogP contribution in [0.25, 0.3) is 0 Å². The summed E-state index contributed by atoms with van der Waals surface area (Å²) in [6.07, 6.45) is 3.33. The van der Waals surface area contributed by atoms with Crippen LogP contribution in [-0.4, -0.2) is 43.7 Å². The monoisotopic (exact) mass is 310 g/mol. The highest BCUT2D eigenvalue weighted by Gasteiger charge is 2.21. The fraction of sp³-hybridized carbons (Fsp3) is 0.562. The lowest BCUT2D eigenvalue weighted by Crippen LogP contribution is -2.33. The Morgan fingerprint density at radius 2 is 2.24 bits per heavy atom. The van der Waals surface area contributed by atoms with Crippen LogP contribution in [0.5, 0.6) is 0 Å². The van der Waals surface area contributed by atoms with Crippen LogP contribution in [0, 0.1) is 0 Å². The number of carbonyl (C=O) groups excluding carboxylic acids is 1. The van der Waals surface area contributed by atoms with Crippen LogP contribution in [0.2, 0.25) is 5.02 Å². The molecule has 5 heteroatoms. The van der Waals surface area contributed by atoms with Crippen molar-refractivity contribution in [3.63, 3.8) is 0 Å². The molecule has 2 unspecified atom stereocenters. The van der Waals surface area contributed by atoms with Gasteiger partial charge in [0.15, 0.2) is 0 Å². The van der Waals surface area contributed by atoms with E-state index in [4.69, 9.17) is 16.3 Å². The summed E-state index contributed by atoms with van der Waals surface area (Å²) >= 11 is 6.13. The molecule has 0 saturated carbocycles. The predicted octanol–water partition coefficient (Wildman–Crippen LogP) is 3.41. The lowest BCUT2D eigenvalue weighted by molar-refractivity contribution is 0.00925. The van der Waals surface area contributed by atoms with Crippen LogP contribution in [0.4, 0.5) is 5.69 Å². The number of hydrogen-bond acceptors (Lipinski definition) is 3. The number of nitrogens with zero attached hydrogens (tertiary/aromatic N) is 1. The van der Waals surface area contributed by atoms with Gasteiger partial charge in [0.25, 0.3) is 5.91 Å². The van der Waals surface area contributed by atoms with Gasteiger partial charge in [-0.2, -0.15) is 0 Å². The largest absolute Gasteiger partial charge is 0.382 e. The van der Waals surface area contributed by atoms with E-state index in [1.807, 2.05) is 12.1 Å². The zero-order valence-corrected chi connectivity index (χ0v) is 13.6. The second-order valence-corrected chi connectivity index (χ2v) is 6.07. The maximum atomic E-state index is 12.1. The quantitative estimate of drug-likeness (QED) is 0.926. The predicted molar refractivity (Wildman–Crippen MR) is 86.1 cm³/mol. The average molecular weight is 311 g/mol. The van der Waals surface area contributed by atoms with Gasteiger partial charge in [-0.15, -0.1) is 0 Å². The minimum absolute atomic E-state index is 0.0814. The van der Waals surface area contributed by atoms with Gasteiger partial charge in [-0.3, -0.25) is 4.79 Å². The highest BCUT2D eigenvalue weighted by atomic mass is 35.5. The van der Waals surface area contributed by atoms with E-state index < -0.39 is 0 Å². The van der Waals surface area contributed by atoms with Crippen LogP contribution in [-0.2, 0) is 4.74 Å². The Kier molecular flexibility index (Phi) is 5.48. The van der Waals surface area contributed by atoms with E-state index in [0.717, 1.165) is 31.6 Å². The van der Waals surface area contributed by atoms with Gasteiger partial charge >= 0.3 is 0 Å². The molecule has 1 aliphatic heterocycles. The number of hydrogen-bond donors (Lipinski definition) is 1. The van der Waals surface area contributed by atoms with E-state index in [-0.39, 0.29) is 5.91 Å². The Balaban J connectivity index is 2.10. The SMILES string of the molecule is CCC1CC(Nc2ccc(Cl)c(C(=O)N(C)C)c2)CCO1. The summed E-state index contributed by atoms with van der Waals surface area (Å²) in [4.78, 5) is 13.6. The molecule has 21 heavy (non-hydrogen) atoms. The van der Waals surface area contributed by atoms with E-state index in [9.17, 15) is 4.79 Å². The van der Waals surface area contributed by atoms with E-state index >= 15 is 0 Å². The first-order valence-corrected chi connectivity index (χ1v) is 7.78. The van der Waals surface area contributed by atoms with Gasteiger partial charge in [-0.05, 0) is 37.5 Å². The number of anilines is 1. The number of rotatable bonds is 4. The van der Waals surface area contributed by atoms with Crippen LogP contribution < -0.4 is 5.32 Å². The minimum atomic E-state index is -0.0814. The van der Waals surface area contributed by atoms with Crippen LogP contribution in [0.3, 0.4) is 0 Å². The molecule has 1 fully saturated rings. The van der Waals surface area contributed by atoms with Crippen LogP contribution in [0.15, 0.2) is 18.2 Å². The van der Waals surface area contributed by atoms with Gasteiger partial charge in [0.2, 0.25) is 0 Å². The van der Waals surface area contributed by atoms with Crippen molar-refractivity contribution in [3.05, 3.63) is 28.8 Å². The maximum absolute atomic E-state index is 12.1. The highest BCUT2D eigenvalue weighted by molar-refractivity contribution is 6.34. The molecule has 2 rings (SSSR count). The molecule has 1 amide bonds. The lowest BCUT2D eigenvalue weighted by Gasteiger charge is -2.30. The summed E-state index contributed by atoms with van der Waals surface area (Å²) in [6.45, 7) is 2.93. The highest BCUT2D eigenvalue weighted by Crippen LogP contribution is 2.25. The molecule has 1 saturated heterocycles. The Morgan fingerprint density at radius 1 is 1.48 bits per heavy atom. The Bertz CT molecular complexity index is 505. The van der Waals surface area contributed by atoms with Crippen molar-refractivity contribution >= 4 is 23.2 Å². The fourth-order valence-corrected chi connectivity index (χ4v) is 2.75. The van der Waals surface area contributed by atoms with Gasteiger partial charge in [-0.1, -0.05) is 18.5 Å². The molecule has 116 valence electrons. The first-order chi connectivity index (χ1) is 10.0. The van der Waals surface area contributed by atoms with Gasteiger partial charge in [0, 0.05) is 32.4 Å². The standard InChI is InChI=1S/C16H23ClN2O2/c1-4-13-9-12(7-8-21-13)18-11-5-6-15(17)14(10-11)16(20)19(2)3/h5-6,10,12-13,18H,4,7-9H2,1-3H3. The Hall–Kier alpha value is -1.26. The summed E-state index contributed by atoms with van der Waals surface area (Å²) in [5.41, 5.74) is 1.47. The normalized spacial score (nSPS) is 21.9. The van der Waals surface area contributed by atoms with Crippen molar-refractivity contribution in [3.8, 4) is 0 Å². The maximum Gasteiger partial charge on any atom is 0.254 e. The van der Waals surface area contributed by atoms with Crippen molar-refractivity contribution in [2.75, 3.05) is 26.0 Å². The average Bonchev–Trinajstić information content (AvgIpc) is 2.48. The van der Waals surface area contributed by atoms with Crippen molar-refractivity contribution in [2.24, 2.45) is 0 Å². The van der Waals surface area contributed by atoms with Gasteiger partial charge in [0.1, 0.15) is 0 Å². The summed E-state index contributed by atoms with van der Waals surface area (Å²) in [6, 6.07) is 5.91. The molecule has 0 aliphatic carbocycles. The molecule has 4 nitrogen and oxygen atoms in total. The molecular formula is C16H23ClN2O2. The van der Waals surface area contributed by atoms with Crippen LogP contribution in [0.1, 0.15) is 36.5 Å². The van der Waals surface area contributed by atoms with Gasteiger partial charge in [0.05, 0.1) is 16.7 Å². The molecule has 0 radical (unpaired) electrons. The van der Waals surface area contributed by atoms with E-state index in [2.05, 4.69) is 12.2 Å². The molecule has 0 bridgehead atoms. The van der Waals surface area contributed by atoms with Gasteiger partial charge in [-0.25, -0.2) is 0 Å². The smallest absolute Gasteiger partial charge is 0.254 e. The second kappa shape index (κ2) is 7.14. The third-order valence-electron chi connectivity index (χ3n) is 3.80. The molecule has 2 atom stereocenters. The lowest BCUT2D eigenvalue weighted by atomic mass is 10.0. The molecule has 0 spiro atoms. The third-order valence-corrected chi connectivity index (χ3v) is 4.13. The number of halogens is 1. The van der Waals surface area contributed by atoms with Crippen LogP contribution >= 0.6 is 11.6 Å². The Morgan fingerprint density at radius 3 is 2.90 bits per heavy atom. The van der Waals surface area contributed by atoms with E-state index in [1.54, 1.807) is 20.2 Å². The summed E-state index contributed by atoms with van der Waals surface area (Å²) in [7, 11) is 3.45. The van der Waals surface area contributed by atoms with E-state index in [0.29, 0.717) is 22.7 Å². The first kappa shape index (κ1) is 16.1. The summed E-state index contributed by atoms with van der Waals surface area (Å²) in [5.74, 6) is -0.0814.